The summed E-state index contributed by atoms with van der Waals surface area (Å²) in [6.07, 6.45) is 1.54. The van der Waals surface area contributed by atoms with Crippen LogP contribution in [-0.4, -0.2) is 29.9 Å². The average molecular weight is 344 g/mol. The van der Waals surface area contributed by atoms with E-state index in [9.17, 15) is 4.39 Å². The van der Waals surface area contributed by atoms with Gasteiger partial charge in [0.05, 0.1) is 5.41 Å². The molecule has 1 aliphatic rings. The highest BCUT2D eigenvalue weighted by atomic mass is 35.5. The van der Waals surface area contributed by atoms with Crippen LogP contribution in [0.3, 0.4) is 0 Å². The fourth-order valence-corrected chi connectivity index (χ4v) is 2.47. The van der Waals surface area contributed by atoms with E-state index in [0.717, 1.165) is 12.8 Å². The van der Waals surface area contributed by atoms with Gasteiger partial charge in [0.1, 0.15) is 11.6 Å². The van der Waals surface area contributed by atoms with E-state index in [4.69, 9.17) is 19.7 Å². The average Bonchev–Trinajstić information content (AvgIpc) is 3.04. The van der Waals surface area contributed by atoms with Crippen LogP contribution in [0.1, 0.15) is 24.6 Å². The predicted molar refractivity (Wildman–Crippen MR) is 83.1 cm³/mol. The van der Waals surface area contributed by atoms with E-state index in [-0.39, 0.29) is 30.2 Å². The minimum absolute atomic E-state index is 0. The van der Waals surface area contributed by atoms with Crippen molar-refractivity contribution >= 4 is 12.4 Å². The number of halogens is 2. The first kappa shape index (κ1) is 17.7. The molecule has 1 aliphatic heterocycles. The zero-order chi connectivity index (χ0) is 15.4. The first-order valence-electron chi connectivity index (χ1n) is 7.21. The highest BCUT2D eigenvalue weighted by molar-refractivity contribution is 5.85. The van der Waals surface area contributed by atoms with Gasteiger partial charge in [0.15, 0.2) is 6.61 Å². The van der Waals surface area contributed by atoms with Crippen LogP contribution in [0, 0.1) is 5.82 Å². The Morgan fingerprint density at radius 1 is 1.22 bits per heavy atom. The van der Waals surface area contributed by atoms with Crippen molar-refractivity contribution in [1.82, 2.24) is 10.1 Å². The molecule has 0 saturated carbocycles. The number of nitrogens with two attached hydrogens (primary N) is 1. The number of hydrogen-bond acceptors (Lipinski definition) is 6. The van der Waals surface area contributed by atoms with E-state index in [1.165, 1.54) is 12.1 Å². The van der Waals surface area contributed by atoms with Crippen molar-refractivity contribution in [2.45, 2.75) is 24.9 Å². The molecule has 8 heteroatoms. The van der Waals surface area contributed by atoms with Gasteiger partial charge < -0.3 is 19.7 Å². The Kier molecular flexibility index (Phi) is 5.92. The van der Waals surface area contributed by atoms with Crippen molar-refractivity contribution in [3.05, 3.63) is 41.8 Å². The second kappa shape index (κ2) is 7.72. The normalized spacial score (nSPS) is 16.6. The molecule has 1 aromatic heterocycles. The van der Waals surface area contributed by atoms with E-state index in [1.807, 2.05) is 0 Å². The molecule has 126 valence electrons. The van der Waals surface area contributed by atoms with Crippen molar-refractivity contribution < 1.29 is 18.4 Å². The quantitative estimate of drug-likeness (QED) is 0.896. The highest BCUT2D eigenvalue weighted by Gasteiger charge is 2.38. The minimum Gasteiger partial charge on any atom is -0.485 e. The molecule has 23 heavy (non-hydrogen) atoms. The summed E-state index contributed by atoms with van der Waals surface area (Å²) >= 11 is 0. The molecule has 1 aromatic carbocycles. The van der Waals surface area contributed by atoms with Crippen LogP contribution in [0.2, 0.25) is 0 Å². The van der Waals surface area contributed by atoms with Gasteiger partial charge in [0.25, 0.3) is 0 Å². The van der Waals surface area contributed by atoms with Gasteiger partial charge in [-0.05, 0) is 37.1 Å². The molecular weight excluding hydrogens is 325 g/mol. The lowest BCUT2D eigenvalue weighted by Crippen LogP contribution is -2.40. The fourth-order valence-electron chi connectivity index (χ4n) is 2.47. The first-order valence-corrected chi connectivity index (χ1v) is 7.21. The molecule has 6 nitrogen and oxygen atoms in total. The zero-order valence-electron chi connectivity index (χ0n) is 12.5. The Labute approximate surface area is 139 Å². The number of benzene rings is 1. The zero-order valence-corrected chi connectivity index (χ0v) is 13.4. The molecule has 3 rings (SSSR count). The molecule has 0 radical (unpaired) electrons. The third-order valence-electron chi connectivity index (χ3n) is 3.94. The van der Waals surface area contributed by atoms with Gasteiger partial charge >= 0.3 is 0 Å². The van der Waals surface area contributed by atoms with Crippen LogP contribution in [0.25, 0.3) is 0 Å². The molecule has 0 aliphatic carbocycles. The molecule has 1 fully saturated rings. The Morgan fingerprint density at radius 3 is 2.57 bits per heavy atom. The third-order valence-corrected chi connectivity index (χ3v) is 3.94. The van der Waals surface area contributed by atoms with Gasteiger partial charge in [-0.25, -0.2) is 4.39 Å². The number of ether oxygens (including phenoxy) is 2. The monoisotopic (exact) mass is 343 g/mol. The molecule has 0 spiro atoms. The number of rotatable bonds is 5. The summed E-state index contributed by atoms with van der Waals surface area (Å²) in [7, 11) is 0. The lowest BCUT2D eigenvalue weighted by molar-refractivity contribution is 0.0409. The second-order valence-corrected chi connectivity index (χ2v) is 5.36. The standard InChI is InChI=1S/C15H18FN3O3.ClH/c16-11-1-3-12(4-2-11)21-9-13-18-14(22-19-13)15(10-17)5-7-20-8-6-15;/h1-4H,5-10,17H2;1H. The molecule has 2 aromatic rings. The van der Waals surface area contributed by atoms with Crippen LogP contribution in [-0.2, 0) is 16.8 Å². The van der Waals surface area contributed by atoms with Crippen LogP contribution < -0.4 is 10.5 Å². The second-order valence-electron chi connectivity index (χ2n) is 5.36. The number of hydrogen-bond donors (Lipinski definition) is 1. The summed E-state index contributed by atoms with van der Waals surface area (Å²) < 4.78 is 29.1. The lowest BCUT2D eigenvalue weighted by atomic mass is 9.80. The van der Waals surface area contributed by atoms with E-state index in [1.54, 1.807) is 12.1 Å². The molecule has 0 atom stereocenters. The Balaban J connectivity index is 0.00000192. The minimum atomic E-state index is -0.307. The number of nitrogens with zero attached hydrogens (tertiary/aromatic N) is 2. The third kappa shape index (κ3) is 3.99. The summed E-state index contributed by atoms with van der Waals surface area (Å²) in [5.74, 6) is 1.22. The maximum absolute atomic E-state index is 12.8. The highest BCUT2D eigenvalue weighted by Crippen LogP contribution is 2.32. The lowest BCUT2D eigenvalue weighted by Gasteiger charge is -2.32. The summed E-state index contributed by atoms with van der Waals surface area (Å²) in [5.41, 5.74) is 5.60. The smallest absolute Gasteiger partial charge is 0.234 e. The Bertz CT molecular complexity index is 615. The molecule has 0 unspecified atom stereocenters. The number of aromatic nitrogens is 2. The largest absolute Gasteiger partial charge is 0.485 e. The van der Waals surface area contributed by atoms with E-state index in [0.29, 0.717) is 37.2 Å². The van der Waals surface area contributed by atoms with Crippen molar-refractivity contribution in [2.24, 2.45) is 5.73 Å². The van der Waals surface area contributed by atoms with Gasteiger partial charge in [-0.1, -0.05) is 5.16 Å². The van der Waals surface area contributed by atoms with Gasteiger partial charge in [-0.2, -0.15) is 4.98 Å². The van der Waals surface area contributed by atoms with Gasteiger partial charge in [0, 0.05) is 19.8 Å². The molecule has 2 N–H and O–H groups in total. The van der Waals surface area contributed by atoms with Crippen molar-refractivity contribution in [2.75, 3.05) is 19.8 Å². The van der Waals surface area contributed by atoms with Crippen LogP contribution in [0.5, 0.6) is 5.75 Å². The summed E-state index contributed by atoms with van der Waals surface area (Å²) in [5, 5.41) is 3.94. The topological polar surface area (TPSA) is 83.4 Å². The predicted octanol–water partition coefficient (Wildman–Crippen LogP) is 2.22. The first-order chi connectivity index (χ1) is 10.7. The summed E-state index contributed by atoms with van der Waals surface area (Å²) in [4.78, 5) is 4.40. The molecule has 2 heterocycles. The maximum Gasteiger partial charge on any atom is 0.234 e. The molecule has 1 saturated heterocycles. The van der Waals surface area contributed by atoms with Crippen molar-refractivity contribution in [3.8, 4) is 5.75 Å². The summed E-state index contributed by atoms with van der Waals surface area (Å²) in [6, 6.07) is 5.78. The Morgan fingerprint density at radius 2 is 1.91 bits per heavy atom. The van der Waals surface area contributed by atoms with Gasteiger partial charge in [0.2, 0.25) is 11.7 Å². The van der Waals surface area contributed by atoms with Crippen LogP contribution >= 0.6 is 12.4 Å². The van der Waals surface area contributed by atoms with Crippen molar-refractivity contribution in [1.29, 1.82) is 0 Å². The molecular formula is C15H19ClFN3O3. The molecule has 0 amide bonds. The van der Waals surface area contributed by atoms with Crippen molar-refractivity contribution in [3.63, 3.8) is 0 Å². The van der Waals surface area contributed by atoms with Crippen LogP contribution in [0.4, 0.5) is 4.39 Å². The van der Waals surface area contributed by atoms with Gasteiger partial charge in [-0.15, -0.1) is 12.4 Å². The van der Waals surface area contributed by atoms with Gasteiger partial charge in [-0.3, -0.25) is 0 Å². The maximum atomic E-state index is 12.8. The SMILES string of the molecule is Cl.NCC1(c2nc(COc3ccc(F)cc3)no2)CCOCC1. The Hall–Kier alpha value is -1.70. The van der Waals surface area contributed by atoms with E-state index in [2.05, 4.69) is 10.1 Å². The van der Waals surface area contributed by atoms with E-state index < -0.39 is 0 Å². The summed E-state index contributed by atoms with van der Waals surface area (Å²) in [6.45, 7) is 1.88. The molecule has 0 bridgehead atoms. The van der Waals surface area contributed by atoms with E-state index >= 15 is 0 Å². The van der Waals surface area contributed by atoms with Crippen LogP contribution in [0.15, 0.2) is 28.8 Å². The fraction of sp³-hybridized carbons (Fsp3) is 0.467.